The lowest BCUT2D eigenvalue weighted by Gasteiger charge is -2.17. The Balaban J connectivity index is 1.67. The Bertz CT molecular complexity index is 642. The molecular weight excluding hydrogens is 281 g/mol. The third-order valence-electron chi connectivity index (χ3n) is 4.04. The van der Waals surface area contributed by atoms with Gasteiger partial charge in [-0.3, -0.25) is 4.98 Å². The van der Waals surface area contributed by atoms with Crippen LogP contribution in [0.4, 0.5) is 4.39 Å². The second kappa shape index (κ2) is 6.81. The highest BCUT2D eigenvalue weighted by Gasteiger charge is 2.16. The number of rotatable bonds is 4. The minimum absolute atomic E-state index is 0.0133. The molecule has 4 nitrogen and oxygen atoms in total. The number of hydrogen-bond acceptors (Lipinski definition) is 4. The lowest BCUT2D eigenvalue weighted by molar-refractivity contribution is 0.387. The van der Waals surface area contributed by atoms with E-state index in [-0.39, 0.29) is 5.89 Å². The first-order chi connectivity index (χ1) is 10.7. The van der Waals surface area contributed by atoms with E-state index in [1.807, 2.05) is 19.1 Å². The third-order valence-corrected chi connectivity index (χ3v) is 4.04. The van der Waals surface area contributed by atoms with Crippen LogP contribution < -0.4 is 0 Å². The largest absolute Gasteiger partial charge is 0.331 e. The summed E-state index contributed by atoms with van der Waals surface area (Å²) in [5, 5.41) is 3.85. The number of nitrogens with zero attached hydrogens (tertiary/aromatic N) is 3. The maximum absolute atomic E-state index is 14.2. The van der Waals surface area contributed by atoms with E-state index in [4.69, 9.17) is 4.52 Å². The number of allylic oxidation sites excluding steroid dienone is 1. The molecule has 2 heterocycles. The maximum Gasteiger partial charge on any atom is 0.286 e. The van der Waals surface area contributed by atoms with Crippen molar-refractivity contribution in [1.29, 1.82) is 0 Å². The molecule has 0 atom stereocenters. The molecule has 0 N–H and O–H groups in total. The predicted molar refractivity (Wildman–Crippen MR) is 81.7 cm³/mol. The third kappa shape index (κ3) is 3.78. The molecule has 116 valence electrons. The van der Waals surface area contributed by atoms with Crippen molar-refractivity contribution in [3.05, 3.63) is 47.4 Å². The molecule has 0 unspecified atom stereocenters. The van der Waals surface area contributed by atoms with Gasteiger partial charge in [0.25, 0.3) is 5.89 Å². The first kappa shape index (κ1) is 14.9. The molecule has 3 rings (SSSR count). The monoisotopic (exact) mass is 301 g/mol. The summed E-state index contributed by atoms with van der Waals surface area (Å²) in [4.78, 5) is 8.37. The summed E-state index contributed by atoms with van der Waals surface area (Å²) in [7, 11) is 0. The van der Waals surface area contributed by atoms with E-state index in [2.05, 4.69) is 15.1 Å². The molecule has 0 radical (unpaired) electrons. The van der Waals surface area contributed by atoms with Crippen molar-refractivity contribution >= 4 is 5.83 Å². The molecule has 1 saturated carbocycles. The highest BCUT2D eigenvalue weighted by Crippen LogP contribution is 2.28. The number of halogens is 1. The zero-order valence-electron chi connectivity index (χ0n) is 12.8. The summed E-state index contributed by atoms with van der Waals surface area (Å²) in [6.45, 7) is 1.93. The van der Waals surface area contributed by atoms with E-state index in [0.717, 1.165) is 24.1 Å². The molecule has 2 aromatic rings. The topological polar surface area (TPSA) is 51.8 Å². The van der Waals surface area contributed by atoms with Crippen LogP contribution in [0.25, 0.3) is 5.83 Å². The van der Waals surface area contributed by atoms with Gasteiger partial charge in [-0.25, -0.2) is 4.39 Å². The Morgan fingerprint density at radius 3 is 2.86 bits per heavy atom. The summed E-state index contributed by atoms with van der Waals surface area (Å²) < 4.78 is 19.2. The summed E-state index contributed by atoms with van der Waals surface area (Å²) in [5.74, 6) is 0.367. The van der Waals surface area contributed by atoms with Crippen LogP contribution in [-0.2, 0) is 6.42 Å². The number of aromatic nitrogens is 3. The van der Waals surface area contributed by atoms with Crippen LogP contribution in [0.1, 0.15) is 55.1 Å². The summed E-state index contributed by atoms with van der Waals surface area (Å²) >= 11 is 0. The standard InChI is InChI=1S/C17H20FN3O/c1-12-7-8-14(11-19-12)10-16-20-17(22-21-16)15(18)9-13-5-3-2-4-6-13/h7-9,11,13H,2-6,10H2,1H3/b15-9-. The molecule has 2 aromatic heterocycles. The zero-order valence-corrected chi connectivity index (χ0v) is 12.8. The summed E-state index contributed by atoms with van der Waals surface area (Å²) in [6, 6.07) is 3.90. The molecule has 5 heteroatoms. The van der Waals surface area contributed by atoms with Gasteiger partial charge in [-0.05, 0) is 43.4 Å². The summed E-state index contributed by atoms with van der Waals surface area (Å²) in [6.07, 6.45) is 9.60. The van der Waals surface area contributed by atoms with Crippen LogP contribution in [-0.4, -0.2) is 15.1 Å². The first-order valence-corrected chi connectivity index (χ1v) is 7.82. The minimum atomic E-state index is -0.396. The maximum atomic E-state index is 14.2. The van der Waals surface area contributed by atoms with Crippen LogP contribution in [0, 0.1) is 12.8 Å². The fourth-order valence-corrected chi connectivity index (χ4v) is 2.79. The number of aryl methyl sites for hydroxylation is 1. The Morgan fingerprint density at radius 2 is 2.14 bits per heavy atom. The Hall–Kier alpha value is -2.04. The van der Waals surface area contributed by atoms with E-state index in [1.165, 1.54) is 19.3 Å². The molecule has 1 aliphatic rings. The van der Waals surface area contributed by atoms with Gasteiger partial charge in [0, 0.05) is 18.3 Å². The molecule has 22 heavy (non-hydrogen) atoms. The highest BCUT2D eigenvalue weighted by molar-refractivity contribution is 5.50. The van der Waals surface area contributed by atoms with Crippen molar-refractivity contribution in [3.63, 3.8) is 0 Å². The normalized spacial score (nSPS) is 16.9. The number of pyridine rings is 1. The molecule has 1 aliphatic carbocycles. The highest BCUT2D eigenvalue weighted by atomic mass is 19.1. The van der Waals surface area contributed by atoms with Crippen molar-refractivity contribution in [1.82, 2.24) is 15.1 Å². The molecule has 0 aromatic carbocycles. The van der Waals surface area contributed by atoms with Crippen LogP contribution in [0.3, 0.4) is 0 Å². The Morgan fingerprint density at radius 1 is 1.32 bits per heavy atom. The Kier molecular flexibility index (Phi) is 4.61. The molecule has 1 fully saturated rings. The van der Waals surface area contributed by atoms with Crippen LogP contribution in [0.2, 0.25) is 0 Å². The number of hydrogen-bond donors (Lipinski definition) is 0. The lowest BCUT2D eigenvalue weighted by Crippen LogP contribution is -2.03. The first-order valence-electron chi connectivity index (χ1n) is 7.82. The molecule has 0 amide bonds. The second-order valence-corrected chi connectivity index (χ2v) is 5.91. The van der Waals surface area contributed by atoms with Gasteiger partial charge in [0.15, 0.2) is 11.7 Å². The van der Waals surface area contributed by atoms with Crippen LogP contribution >= 0.6 is 0 Å². The van der Waals surface area contributed by atoms with E-state index in [0.29, 0.717) is 18.2 Å². The van der Waals surface area contributed by atoms with E-state index < -0.39 is 5.83 Å². The van der Waals surface area contributed by atoms with Gasteiger partial charge in [-0.15, -0.1) is 0 Å². The second-order valence-electron chi connectivity index (χ2n) is 5.91. The van der Waals surface area contributed by atoms with E-state index in [9.17, 15) is 4.39 Å². The molecule has 0 bridgehead atoms. The molecular formula is C17H20FN3O. The molecule has 0 aliphatic heterocycles. The van der Waals surface area contributed by atoms with Crippen molar-refractivity contribution in [2.75, 3.05) is 0 Å². The smallest absolute Gasteiger partial charge is 0.286 e. The van der Waals surface area contributed by atoms with Gasteiger partial charge in [0.2, 0.25) is 0 Å². The van der Waals surface area contributed by atoms with E-state index >= 15 is 0 Å². The quantitative estimate of drug-likeness (QED) is 0.847. The average molecular weight is 301 g/mol. The SMILES string of the molecule is Cc1ccc(Cc2noc(/C(F)=C/C3CCCCC3)n2)cn1. The van der Waals surface area contributed by atoms with Crippen molar-refractivity contribution in [3.8, 4) is 0 Å². The van der Waals surface area contributed by atoms with Crippen LogP contribution in [0.5, 0.6) is 0 Å². The molecule has 0 saturated heterocycles. The van der Waals surface area contributed by atoms with E-state index in [1.54, 1.807) is 12.3 Å². The zero-order chi connectivity index (χ0) is 15.4. The fourth-order valence-electron chi connectivity index (χ4n) is 2.79. The average Bonchev–Trinajstić information content (AvgIpc) is 2.99. The van der Waals surface area contributed by atoms with Crippen molar-refractivity contribution < 1.29 is 8.91 Å². The van der Waals surface area contributed by atoms with Gasteiger partial charge in [0.1, 0.15) is 0 Å². The minimum Gasteiger partial charge on any atom is -0.331 e. The van der Waals surface area contributed by atoms with Crippen LogP contribution in [0.15, 0.2) is 28.9 Å². The summed E-state index contributed by atoms with van der Waals surface area (Å²) in [5.41, 5.74) is 1.94. The van der Waals surface area contributed by atoms with Crippen molar-refractivity contribution in [2.24, 2.45) is 5.92 Å². The predicted octanol–water partition coefficient (Wildman–Crippen LogP) is 4.25. The van der Waals surface area contributed by atoms with Gasteiger partial charge in [-0.1, -0.05) is 30.5 Å². The van der Waals surface area contributed by atoms with Crippen molar-refractivity contribution in [2.45, 2.75) is 45.4 Å². The van der Waals surface area contributed by atoms with Gasteiger partial charge in [-0.2, -0.15) is 4.98 Å². The van der Waals surface area contributed by atoms with Gasteiger partial charge in [0.05, 0.1) is 0 Å². The molecule has 0 spiro atoms. The fraction of sp³-hybridized carbons (Fsp3) is 0.471. The van der Waals surface area contributed by atoms with Gasteiger partial charge < -0.3 is 4.52 Å². The Labute approximate surface area is 129 Å². The van der Waals surface area contributed by atoms with Gasteiger partial charge >= 0.3 is 0 Å². The lowest BCUT2D eigenvalue weighted by atomic mass is 9.89.